The van der Waals surface area contributed by atoms with Gasteiger partial charge >= 0.3 is 0 Å². The minimum absolute atomic E-state index is 0.0768. The van der Waals surface area contributed by atoms with Crippen molar-refractivity contribution < 1.29 is 14.3 Å². The molecule has 1 aliphatic carbocycles. The predicted molar refractivity (Wildman–Crippen MR) is 77.0 cm³/mol. The second-order valence-electron chi connectivity index (χ2n) is 4.93. The quantitative estimate of drug-likeness (QED) is 0.746. The fourth-order valence-electron chi connectivity index (χ4n) is 2.06. The highest BCUT2D eigenvalue weighted by molar-refractivity contribution is 5.95. The van der Waals surface area contributed by atoms with Crippen LogP contribution >= 0.6 is 0 Å². The molecule has 1 amide bonds. The fraction of sp³-hybridized carbons (Fsp3) is 0.438. The molecule has 20 heavy (non-hydrogen) atoms. The number of methoxy groups -OCH3 is 2. The first-order chi connectivity index (χ1) is 9.67. The Morgan fingerprint density at radius 3 is 2.35 bits per heavy atom. The summed E-state index contributed by atoms with van der Waals surface area (Å²) >= 11 is 0. The van der Waals surface area contributed by atoms with E-state index >= 15 is 0 Å². The molecule has 0 N–H and O–H groups in total. The molecule has 0 radical (unpaired) electrons. The van der Waals surface area contributed by atoms with Crippen LogP contribution in [0.3, 0.4) is 0 Å². The van der Waals surface area contributed by atoms with Crippen LogP contribution in [0.1, 0.15) is 23.2 Å². The van der Waals surface area contributed by atoms with Crippen molar-refractivity contribution in [3.63, 3.8) is 0 Å². The van der Waals surface area contributed by atoms with E-state index in [0.717, 1.165) is 6.54 Å². The number of benzene rings is 1. The van der Waals surface area contributed by atoms with Crippen molar-refractivity contribution >= 4 is 5.91 Å². The van der Waals surface area contributed by atoms with E-state index in [1.165, 1.54) is 12.8 Å². The summed E-state index contributed by atoms with van der Waals surface area (Å²) in [6.45, 7) is 1.05. The van der Waals surface area contributed by atoms with Gasteiger partial charge in [0.1, 0.15) is 11.5 Å². The highest BCUT2D eigenvalue weighted by Crippen LogP contribution is 2.30. The van der Waals surface area contributed by atoms with Crippen LogP contribution in [0.5, 0.6) is 11.5 Å². The monoisotopic (exact) mass is 273 g/mol. The Labute approximate surface area is 119 Å². The largest absolute Gasteiger partial charge is 0.497 e. The molecule has 0 spiro atoms. The topological polar surface area (TPSA) is 38.8 Å². The van der Waals surface area contributed by atoms with Crippen LogP contribution in [-0.2, 0) is 0 Å². The van der Waals surface area contributed by atoms with E-state index in [0.29, 0.717) is 29.5 Å². The lowest BCUT2D eigenvalue weighted by molar-refractivity contribution is 0.0769. The van der Waals surface area contributed by atoms with E-state index in [9.17, 15) is 4.79 Å². The lowest BCUT2D eigenvalue weighted by Gasteiger charge is -2.20. The molecule has 0 heterocycles. The van der Waals surface area contributed by atoms with Crippen LogP contribution in [0, 0.1) is 18.3 Å². The zero-order chi connectivity index (χ0) is 14.5. The molecule has 1 saturated carbocycles. The molecule has 1 aromatic rings. The molecular formula is C16H19NO3. The smallest absolute Gasteiger partial charge is 0.254 e. The maximum absolute atomic E-state index is 12.6. The van der Waals surface area contributed by atoms with Gasteiger partial charge < -0.3 is 14.4 Å². The summed E-state index contributed by atoms with van der Waals surface area (Å²) in [6.07, 6.45) is 7.71. The van der Waals surface area contributed by atoms with E-state index < -0.39 is 0 Å². The van der Waals surface area contributed by atoms with E-state index in [2.05, 4.69) is 5.92 Å². The predicted octanol–water partition coefficient (Wildman–Crippen LogP) is 2.19. The molecule has 1 aromatic carbocycles. The minimum atomic E-state index is -0.0768. The van der Waals surface area contributed by atoms with Crippen LogP contribution in [-0.4, -0.2) is 38.1 Å². The van der Waals surface area contributed by atoms with Crippen molar-refractivity contribution in [2.24, 2.45) is 5.92 Å². The van der Waals surface area contributed by atoms with Crippen molar-refractivity contribution in [1.82, 2.24) is 4.90 Å². The summed E-state index contributed by atoms with van der Waals surface area (Å²) < 4.78 is 10.4. The van der Waals surface area contributed by atoms with Gasteiger partial charge in [-0.25, -0.2) is 0 Å². The summed E-state index contributed by atoms with van der Waals surface area (Å²) in [4.78, 5) is 14.3. The van der Waals surface area contributed by atoms with Crippen LogP contribution < -0.4 is 9.47 Å². The first kappa shape index (κ1) is 14.3. The standard InChI is InChI=1S/C16H19NO3/c1-4-7-17(11-12-5-6-12)16(18)13-8-14(19-2)10-15(9-13)20-3/h1,8-10,12H,5-7,11H2,2-3H3. The van der Waals surface area contributed by atoms with E-state index in [4.69, 9.17) is 15.9 Å². The third kappa shape index (κ3) is 3.45. The number of amides is 1. The molecule has 0 bridgehead atoms. The molecule has 2 rings (SSSR count). The van der Waals surface area contributed by atoms with Crippen molar-refractivity contribution in [2.45, 2.75) is 12.8 Å². The maximum Gasteiger partial charge on any atom is 0.254 e. The normalized spacial score (nSPS) is 13.4. The third-order valence-electron chi connectivity index (χ3n) is 3.34. The van der Waals surface area contributed by atoms with Gasteiger partial charge in [0, 0.05) is 18.2 Å². The van der Waals surface area contributed by atoms with E-state index in [1.807, 2.05) is 0 Å². The minimum Gasteiger partial charge on any atom is -0.497 e. The number of carbonyl (C=O) groups is 1. The number of hydrogen-bond donors (Lipinski definition) is 0. The average Bonchev–Trinajstić information content (AvgIpc) is 3.29. The third-order valence-corrected chi connectivity index (χ3v) is 3.34. The molecule has 0 atom stereocenters. The average molecular weight is 273 g/mol. The first-order valence-corrected chi connectivity index (χ1v) is 6.63. The molecule has 1 fully saturated rings. The van der Waals surface area contributed by atoms with Gasteiger partial charge in [-0.15, -0.1) is 6.42 Å². The fourth-order valence-corrected chi connectivity index (χ4v) is 2.06. The van der Waals surface area contributed by atoms with E-state index in [-0.39, 0.29) is 5.91 Å². The van der Waals surface area contributed by atoms with Crippen molar-refractivity contribution in [3.8, 4) is 23.8 Å². The Balaban J connectivity index is 2.22. The molecule has 0 aromatic heterocycles. The van der Waals surface area contributed by atoms with Gasteiger partial charge in [-0.3, -0.25) is 4.79 Å². The lowest BCUT2D eigenvalue weighted by Crippen LogP contribution is -2.33. The number of hydrogen-bond acceptors (Lipinski definition) is 3. The summed E-state index contributed by atoms with van der Waals surface area (Å²) in [5.41, 5.74) is 0.539. The Hall–Kier alpha value is -2.15. The Morgan fingerprint density at radius 1 is 1.30 bits per heavy atom. The number of ether oxygens (including phenoxy) is 2. The molecule has 0 unspecified atom stereocenters. The molecule has 0 aliphatic heterocycles. The second kappa shape index (κ2) is 6.33. The molecule has 4 heteroatoms. The van der Waals surface area contributed by atoms with Crippen LogP contribution in [0.25, 0.3) is 0 Å². The summed E-state index contributed by atoms with van der Waals surface area (Å²) in [5, 5.41) is 0. The SMILES string of the molecule is C#CCN(CC1CC1)C(=O)c1cc(OC)cc(OC)c1. The zero-order valence-electron chi connectivity index (χ0n) is 11.9. The van der Waals surface area contributed by atoms with Gasteiger partial charge in [-0.1, -0.05) is 5.92 Å². The Kier molecular flexibility index (Phi) is 4.52. The Morgan fingerprint density at radius 2 is 1.90 bits per heavy atom. The van der Waals surface area contributed by atoms with Gasteiger partial charge in [0.05, 0.1) is 20.8 Å². The summed E-state index contributed by atoms with van der Waals surface area (Å²) in [7, 11) is 3.12. The first-order valence-electron chi connectivity index (χ1n) is 6.63. The van der Waals surface area contributed by atoms with Gasteiger partial charge in [0.15, 0.2) is 0 Å². The maximum atomic E-state index is 12.6. The number of carbonyl (C=O) groups excluding carboxylic acids is 1. The highest BCUT2D eigenvalue weighted by atomic mass is 16.5. The van der Waals surface area contributed by atoms with Gasteiger partial charge in [-0.05, 0) is 30.9 Å². The molecule has 4 nitrogen and oxygen atoms in total. The molecule has 1 aliphatic rings. The van der Waals surface area contributed by atoms with Gasteiger partial charge in [0.25, 0.3) is 5.91 Å². The van der Waals surface area contributed by atoms with Crippen LogP contribution in [0.2, 0.25) is 0 Å². The van der Waals surface area contributed by atoms with Crippen molar-refractivity contribution in [1.29, 1.82) is 0 Å². The van der Waals surface area contributed by atoms with Crippen LogP contribution in [0.15, 0.2) is 18.2 Å². The number of rotatable bonds is 6. The summed E-state index contributed by atoms with van der Waals surface area (Å²) in [6, 6.07) is 5.16. The number of terminal acetylenes is 1. The van der Waals surface area contributed by atoms with Gasteiger partial charge in [-0.2, -0.15) is 0 Å². The zero-order valence-corrected chi connectivity index (χ0v) is 11.9. The van der Waals surface area contributed by atoms with Gasteiger partial charge in [0.2, 0.25) is 0 Å². The number of nitrogens with zero attached hydrogens (tertiary/aromatic N) is 1. The highest BCUT2D eigenvalue weighted by Gasteiger charge is 2.27. The summed E-state index contributed by atoms with van der Waals surface area (Å²) in [5.74, 6) is 4.27. The molecule has 0 saturated heterocycles. The van der Waals surface area contributed by atoms with Crippen molar-refractivity contribution in [3.05, 3.63) is 23.8 Å². The molecule has 106 valence electrons. The second-order valence-corrected chi connectivity index (χ2v) is 4.93. The van der Waals surface area contributed by atoms with Crippen molar-refractivity contribution in [2.75, 3.05) is 27.3 Å². The molecular weight excluding hydrogens is 254 g/mol. The Bertz CT molecular complexity index is 507. The lowest BCUT2D eigenvalue weighted by atomic mass is 10.1. The van der Waals surface area contributed by atoms with E-state index in [1.54, 1.807) is 37.3 Å². The van der Waals surface area contributed by atoms with Crippen LogP contribution in [0.4, 0.5) is 0 Å².